The second-order valence-electron chi connectivity index (χ2n) is 4.73. The summed E-state index contributed by atoms with van der Waals surface area (Å²) in [4.78, 5) is 23.2. The van der Waals surface area contributed by atoms with Gasteiger partial charge in [0.1, 0.15) is 0 Å². The van der Waals surface area contributed by atoms with Crippen molar-refractivity contribution < 1.29 is 75.8 Å². The summed E-state index contributed by atoms with van der Waals surface area (Å²) in [6.45, 7) is 0. The van der Waals surface area contributed by atoms with Crippen LogP contribution in [-0.2, 0) is 20.7 Å². The predicted octanol–water partition coefficient (Wildman–Crippen LogP) is -3.88. The van der Waals surface area contributed by atoms with Crippen molar-refractivity contribution in [3.05, 3.63) is 22.4 Å². The van der Waals surface area contributed by atoms with Gasteiger partial charge in [-0.15, -0.1) is 11.3 Å². The third-order valence-electron chi connectivity index (χ3n) is 3.13. The standard InChI is InChI=1S/C12H16BNO5S.K/c15-11(7-9-2-1-5-20-9)14-10-4-3-8(6-12(16)17)19-13(10)18;/h1-2,5,8,10,18H,3-4,6-7H2,(H,14,15)(H,16,17);/q;+1/p-1/t8-,10-;/m0./s1. The quantitative estimate of drug-likeness (QED) is 0.537. The molecule has 0 saturated carbocycles. The molecular weight excluding hydrogens is 320 g/mol. The number of hydrogen-bond acceptors (Lipinski definition) is 6. The van der Waals surface area contributed by atoms with Crippen molar-refractivity contribution in [3.8, 4) is 0 Å². The van der Waals surface area contributed by atoms with Gasteiger partial charge in [0, 0.05) is 23.4 Å². The zero-order chi connectivity index (χ0) is 14.5. The van der Waals surface area contributed by atoms with Crippen LogP contribution in [0.2, 0.25) is 0 Å². The van der Waals surface area contributed by atoms with E-state index in [9.17, 15) is 19.7 Å². The fourth-order valence-electron chi connectivity index (χ4n) is 2.18. The molecule has 0 aromatic carbocycles. The molecule has 9 heteroatoms. The minimum Gasteiger partial charge on any atom is -0.550 e. The molecule has 0 bridgehead atoms. The Labute approximate surface area is 169 Å². The van der Waals surface area contributed by atoms with Gasteiger partial charge >= 0.3 is 58.5 Å². The van der Waals surface area contributed by atoms with Crippen LogP contribution in [0.1, 0.15) is 24.1 Å². The van der Waals surface area contributed by atoms with Gasteiger partial charge in [-0.05, 0) is 24.3 Å². The smallest absolute Gasteiger partial charge is 0.550 e. The van der Waals surface area contributed by atoms with Gasteiger partial charge in [0.15, 0.2) is 0 Å². The number of carbonyl (C=O) groups is 2. The third kappa shape index (κ3) is 6.49. The monoisotopic (exact) mass is 335 g/mol. The molecule has 21 heavy (non-hydrogen) atoms. The Hall–Kier alpha value is 0.261. The minimum absolute atomic E-state index is 0. The molecule has 1 saturated heterocycles. The van der Waals surface area contributed by atoms with E-state index in [2.05, 4.69) is 5.32 Å². The van der Waals surface area contributed by atoms with Crippen molar-refractivity contribution in [2.45, 2.75) is 37.7 Å². The Morgan fingerprint density at radius 1 is 1.52 bits per heavy atom. The summed E-state index contributed by atoms with van der Waals surface area (Å²) in [7, 11) is -1.18. The van der Waals surface area contributed by atoms with E-state index in [0.29, 0.717) is 12.8 Å². The van der Waals surface area contributed by atoms with Crippen molar-refractivity contribution in [3.63, 3.8) is 0 Å². The van der Waals surface area contributed by atoms with E-state index in [1.54, 1.807) is 0 Å². The van der Waals surface area contributed by atoms with Gasteiger partial charge < -0.3 is 24.9 Å². The second kappa shape index (κ2) is 9.41. The molecule has 2 heterocycles. The molecule has 6 nitrogen and oxygen atoms in total. The van der Waals surface area contributed by atoms with Gasteiger partial charge in [-0.2, -0.15) is 0 Å². The number of thiophene rings is 1. The maximum absolute atomic E-state index is 11.8. The van der Waals surface area contributed by atoms with Gasteiger partial charge in [-0.3, -0.25) is 4.79 Å². The Kier molecular flexibility index (Phi) is 8.65. The number of amides is 1. The van der Waals surface area contributed by atoms with E-state index in [1.165, 1.54) is 11.3 Å². The average molecular weight is 335 g/mol. The van der Waals surface area contributed by atoms with E-state index in [1.807, 2.05) is 17.5 Å². The molecule has 2 rings (SSSR count). The molecule has 0 aliphatic carbocycles. The van der Waals surface area contributed by atoms with Crippen LogP contribution in [0, 0.1) is 0 Å². The Morgan fingerprint density at radius 2 is 2.29 bits per heavy atom. The molecule has 1 aliphatic heterocycles. The summed E-state index contributed by atoms with van der Waals surface area (Å²) >= 11 is 1.49. The molecule has 1 aliphatic rings. The predicted molar refractivity (Wildman–Crippen MR) is 71.7 cm³/mol. The van der Waals surface area contributed by atoms with Crippen molar-refractivity contribution in [2.24, 2.45) is 0 Å². The summed E-state index contributed by atoms with van der Waals surface area (Å²) in [6, 6.07) is 3.74. The number of aliphatic carboxylic acids is 1. The van der Waals surface area contributed by atoms with Crippen LogP contribution in [0.15, 0.2) is 17.5 Å². The van der Waals surface area contributed by atoms with Crippen LogP contribution < -0.4 is 61.8 Å². The number of hydrogen-bond donors (Lipinski definition) is 2. The third-order valence-corrected chi connectivity index (χ3v) is 4.01. The molecule has 1 aromatic rings. The molecule has 108 valence electrons. The molecule has 1 amide bonds. The summed E-state index contributed by atoms with van der Waals surface area (Å²) in [5.74, 6) is -1.89. The van der Waals surface area contributed by atoms with Gasteiger partial charge in [0.05, 0.1) is 12.4 Å². The van der Waals surface area contributed by atoms with Crippen molar-refractivity contribution in [1.29, 1.82) is 0 Å². The van der Waals surface area contributed by atoms with Gasteiger partial charge in [0.25, 0.3) is 0 Å². The Bertz CT molecular complexity index is 472. The fourth-order valence-corrected chi connectivity index (χ4v) is 2.88. The van der Waals surface area contributed by atoms with Crippen LogP contribution in [0.3, 0.4) is 0 Å². The first-order valence-corrected chi connectivity index (χ1v) is 7.27. The SMILES string of the molecule is O=C([O-])C[C@@H]1CC[C@H](NC(=O)Cc2cccs2)B(O)O1.[K+]. The second-order valence-corrected chi connectivity index (χ2v) is 5.76. The first-order chi connectivity index (χ1) is 9.54. The maximum atomic E-state index is 11.8. The molecular formula is C12H15BKNO5S. The van der Waals surface area contributed by atoms with Crippen molar-refractivity contribution in [1.82, 2.24) is 5.32 Å². The summed E-state index contributed by atoms with van der Waals surface area (Å²) < 4.78 is 5.17. The molecule has 1 aromatic heterocycles. The maximum Gasteiger partial charge on any atom is 1.00 e. The zero-order valence-electron chi connectivity index (χ0n) is 11.8. The topological polar surface area (TPSA) is 98.7 Å². The summed E-state index contributed by atoms with van der Waals surface area (Å²) in [5, 5.41) is 24.9. The van der Waals surface area contributed by atoms with E-state index in [-0.39, 0.29) is 70.1 Å². The molecule has 2 N–H and O–H groups in total. The Balaban J connectivity index is 0.00000220. The number of rotatable bonds is 5. The van der Waals surface area contributed by atoms with Crippen molar-refractivity contribution >= 4 is 30.3 Å². The van der Waals surface area contributed by atoms with Crippen molar-refractivity contribution in [2.75, 3.05) is 0 Å². The summed E-state index contributed by atoms with van der Waals surface area (Å²) in [5.41, 5.74) is 0. The molecule has 2 atom stereocenters. The van der Waals surface area contributed by atoms with Crippen LogP contribution in [0.4, 0.5) is 0 Å². The normalized spacial score (nSPS) is 21.5. The largest absolute Gasteiger partial charge is 1.00 e. The molecule has 0 unspecified atom stereocenters. The van der Waals surface area contributed by atoms with Gasteiger partial charge in [0.2, 0.25) is 5.91 Å². The van der Waals surface area contributed by atoms with E-state index in [0.717, 1.165) is 4.88 Å². The average Bonchev–Trinajstić information content (AvgIpc) is 2.84. The van der Waals surface area contributed by atoms with E-state index in [4.69, 9.17) is 4.65 Å². The van der Waals surface area contributed by atoms with E-state index >= 15 is 0 Å². The molecule has 0 spiro atoms. The van der Waals surface area contributed by atoms with Crippen LogP contribution in [-0.4, -0.2) is 36.1 Å². The first kappa shape index (κ1) is 19.3. The Morgan fingerprint density at radius 3 is 2.86 bits per heavy atom. The zero-order valence-corrected chi connectivity index (χ0v) is 15.7. The van der Waals surface area contributed by atoms with E-state index < -0.39 is 25.1 Å². The van der Waals surface area contributed by atoms with Crippen LogP contribution in [0.25, 0.3) is 0 Å². The number of carboxylic acid groups (broad SMARTS) is 1. The summed E-state index contributed by atoms with van der Waals surface area (Å²) in [6.07, 6.45) is 0.418. The van der Waals surface area contributed by atoms with Gasteiger partial charge in [-0.1, -0.05) is 6.07 Å². The molecule has 0 radical (unpaired) electrons. The van der Waals surface area contributed by atoms with Gasteiger partial charge in [-0.25, -0.2) is 0 Å². The minimum atomic E-state index is -1.21. The fraction of sp³-hybridized carbons (Fsp3) is 0.500. The van der Waals surface area contributed by atoms with Crippen LogP contribution in [0.5, 0.6) is 0 Å². The van der Waals surface area contributed by atoms with Crippen LogP contribution >= 0.6 is 11.3 Å². The number of carbonyl (C=O) groups excluding carboxylic acids is 2. The number of carboxylic acids is 1. The number of nitrogens with one attached hydrogen (secondary N) is 1. The molecule has 1 fully saturated rings. The first-order valence-electron chi connectivity index (χ1n) is 6.39.